The van der Waals surface area contributed by atoms with Gasteiger partial charge in [-0.25, -0.2) is 0 Å². The summed E-state index contributed by atoms with van der Waals surface area (Å²) in [6, 6.07) is 11.1. The van der Waals surface area contributed by atoms with E-state index in [1.807, 2.05) is 35.7 Å². The van der Waals surface area contributed by atoms with E-state index >= 15 is 0 Å². The number of piperazine rings is 1. The van der Waals surface area contributed by atoms with Crippen LogP contribution in [0.25, 0.3) is 6.08 Å². The Labute approximate surface area is 163 Å². The molecule has 2 heterocycles. The van der Waals surface area contributed by atoms with E-state index in [0.717, 1.165) is 4.88 Å². The van der Waals surface area contributed by atoms with Gasteiger partial charge >= 0.3 is 0 Å². The maximum absolute atomic E-state index is 12.8. The molecule has 0 bridgehead atoms. The summed E-state index contributed by atoms with van der Waals surface area (Å²) >= 11 is 1.59. The van der Waals surface area contributed by atoms with E-state index in [1.54, 1.807) is 45.4 Å². The first-order chi connectivity index (χ1) is 13.2. The SMILES string of the molecule is C=CCOc1ccccc1C(=O)N1CCN(C(=O)/C=C\c2cccs2)CC1. The Hall–Kier alpha value is -2.86. The summed E-state index contributed by atoms with van der Waals surface area (Å²) in [6.07, 6.45) is 5.08. The van der Waals surface area contributed by atoms with E-state index in [2.05, 4.69) is 6.58 Å². The van der Waals surface area contributed by atoms with E-state index in [4.69, 9.17) is 4.74 Å². The van der Waals surface area contributed by atoms with Crippen LogP contribution >= 0.6 is 11.3 Å². The van der Waals surface area contributed by atoms with Crippen molar-refractivity contribution >= 4 is 29.2 Å². The molecular weight excluding hydrogens is 360 g/mol. The zero-order valence-corrected chi connectivity index (χ0v) is 15.9. The lowest BCUT2D eigenvalue weighted by atomic mass is 10.1. The Morgan fingerprint density at radius 2 is 1.81 bits per heavy atom. The Morgan fingerprint density at radius 3 is 2.52 bits per heavy atom. The molecule has 1 aliphatic rings. The summed E-state index contributed by atoms with van der Waals surface area (Å²) in [5.74, 6) is 0.459. The highest BCUT2D eigenvalue weighted by atomic mass is 32.1. The van der Waals surface area contributed by atoms with Gasteiger partial charge in [-0.05, 0) is 29.7 Å². The monoisotopic (exact) mass is 382 g/mol. The van der Waals surface area contributed by atoms with Gasteiger partial charge < -0.3 is 14.5 Å². The highest BCUT2D eigenvalue weighted by Gasteiger charge is 2.25. The molecule has 140 valence electrons. The molecule has 6 heteroatoms. The Morgan fingerprint density at radius 1 is 1.07 bits per heavy atom. The molecule has 5 nitrogen and oxygen atoms in total. The van der Waals surface area contributed by atoms with Crippen LogP contribution in [-0.2, 0) is 4.79 Å². The molecule has 1 aromatic carbocycles. The van der Waals surface area contributed by atoms with Crippen molar-refractivity contribution in [2.45, 2.75) is 0 Å². The van der Waals surface area contributed by atoms with Crippen molar-refractivity contribution in [3.05, 3.63) is 70.9 Å². The molecule has 0 aliphatic carbocycles. The van der Waals surface area contributed by atoms with Crippen LogP contribution in [0.5, 0.6) is 5.75 Å². The number of benzene rings is 1. The van der Waals surface area contributed by atoms with Gasteiger partial charge in [0.25, 0.3) is 5.91 Å². The largest absolute Gasteiger partial charge is 0.489 e. The normalized spacial score (nSPS) is 14.4. The van der Waals surface area contributed by atoms with Crippen LogP contribution < -0.4 is 4.74 Å². The van der Waals surface area contributed by atoms with Gasteiger partial charge in [0.2, 0.25) is 5.91 Å². The highest BCUT2D eigenvalue weighted by molar-refractivity contribution is 7.10. The summed E-state index contributed by atoms with van der Waals surface area (Å²) < 4.78 is 5.59. The van der Waals surface area contributed by atoms with Crippen molar-refractivity contribution in [1.29, 1.82) is 0 Å². The number of hydrogen-bond acceptors (Lipinski definition) is 4. The number of carbonyl (C=O) groups is 2. The molecule has 0 radical (unpaired) electrons. The molecule has 2 aromatic rings. The zero-order valence-electron chi connectivity index (χ0n) is 15.0. The Bertz CT molecular complexity index is 822. The third kappa shape index (κ3) is 4.86. The predicted molar refractivity (Wildman–Crippen MR) is 108 cm³/mol. The molecule has 1 aromatic heterocycles. The average molecular weight is 382 g/mol. The first-order valence-corrected chi connectivity index (χ1v) is 9.69. The standard InChI is InChI=1S/C21H22N2O3S/c1-2-15-26-19-8-4-3-7-18(19)21(25)23-13-11-22(12-14-23)20(24)10-9-17-6-5-16-27-17/h2-10,16H,1,11-15H2/b10-9-. The fourth-order valence-electron chi connectivity index (χ4n) is 2.86. The van der Waals surface area contributed by atoms with Gasteiger partial charge in [-0.15, -0.1) is 11.3 Å². The summed E-state index contributed by atoms with van der Waals surface area (Å²) in [7, 11) is 0. The van der Waals surface area contributed by atoms with Crippen molar-refractivity contribution in [3.8, 4) is 5.75 Å². The lowest BCUT2D eigenvalue weighted by molar-refractivity contribution is -0.127. The highest BCUT2D eigenvalue weighted by Crippen LogP contribution is 2.21. The van der Waals surface area contributed by atoms with E-state index < -0.39 is 0 Å². The maximum atomic E-state index is 12.8. The predicted octanol–water partition coefficient (Wildman–Crippen LogP) is 3.31. The Kier molecular flexibility index (Phi) is 6.44. The minimum Gasteiger partial charge on any atom is -0.489 e. The molecule has 1 fully saturated rings. The zero-order chi connectivity index (χ0) is 19.1. The van der Waals surface area contributed by atoms with Gasteiger partial charge in [-0.2, -0.15) is 0 Å². The van der Waals surface area contributed by atoms with Crippen LogP contribution in [0.3, 0.4) is 0 Å². The van der Waals surface area contributed by atoms with E-state index in [9.17, 15) is 9.59 Å². The third-order valence-corrected chi connectivity index (χ3v) is 5.12. The van der Waals surface area contributed by atoms with Crippen molar-refractivity contribution in [3.63, 3.8) is 0 Å². The number of hydrogen-bond donors (Lipinski definition) is 0. The topological polar surface area (TPSA) is 49.9 Å². The van der Waals surface area contributed by atoms with Crippen LogP contribution in [0.1, 0.15) is 15.2 Å². The fourth-order valence-corrected chi connectivity index (χ4v) is 3.48. The summed E-state index contributed by atoms with van der Waals surface area (Å²) in [4.78, 5) is 29.8. The van der Waals surface area contributed by atoms with Gasteiger partial charge in [0.15, 0.2) is 0 Å². The molecule has 0 atom stereocenters. The molecule has 0 unspecified atom stereocenters. The summed E-state index contributed by atoms with van der Waals surface area (Å²) in [5, 5.41) is 1.98. The first kappa shape index (κ1) is 18.9. The smallest absolute Gasteiger partial charge is 0.257 e. The number of nitrogens with zero attached hydrogens (tertiary/aromatic N) is 2. The molecule has 1 saturated heterocycles. The molecule has 0 N–H and O–H groups in total. The molecule has 3 rings (SSSR count). The van der Waals surface area contributed by atoms with Gasteiger partial charge in [-0.3, -0.25) is 9.59 Å². The van der Waals surface area contributed by atoms with Crippen molar-refractivity contribution < 1.29 is 14.3 Å². The molecule has 27 heavy (non-hydrogen) atoms. The second-order valence-corrected chi connectivity index (χ2v) is 7.04. The van der Waals surface area contributed by atoms with Crippen LogP contribution in [-0.4, -0.2) is 54.4 Å². The minimum absolute atomic E-state index is 0.0229. The quantitative estimate of drug-likeness (QED) is 0.569. The molecule has 1 aliphatic heterocycles. The molecule has 2 amide bonds. The van der Waals surface area contributed by atoms with Gasteiger partial charge in [0, 0.05) is 37.1 Å². The summed E-state index contributed by atoms with van der Waals surface area (Å²) in [6.45, 7) is 6.04. The van der Waals surface area contributed by atoms with E-state index in [0.29, 0.717) is 44.1 Å². The van der Waals surface area contributed by atoms with Crippen molar-refractivity contribution in [2.75, 3.05) is 32.8 Å². The molecular formula is C21H22N2O3S. The molecule has 0 saturated carbocycles. The number of carbonyl (C=O) groups excluding carboxylic acids is 2. The fraction of sp³-hybridized carbons (Fsp3) is 0.238. The van der Waals surface area contributed by atoms with Crippen molar-refractivity contribution in [2.24, 2.45) is 0 Å². The van der Waals surface area contributed by atoms with Gasteiger partial charge in [0.05, 0.1) is 5.56 Å². The molecule has 0 spiro atoms. The number of thiophene rings is 1. The van der Waals surface area contributed by atoms with Crippen molar-refractivity contribution in [1.82, 2.24) is 9.80 Å². The summed E-state index contributed by atoms with van der Waals surface area (Å²) in [5.41, 5.74) is 0.539. The van der Waals surface area contributed by atoms with Crippen LogP contribution in [0.2, 0.25) is 0 Å². The Balaban J connectivity index is 1.58. The van der Waals surface area contributed by atoms with E-state index in [-0.39, 0.29) is 11.8 Å². The second kappa shape index (κ2) is 9.19. The lowest BCUT2D eigenvalue weighted by Gasteiger charge is -2.34. The minimum atomic E-state index is -0.0733. The second-order valence-electron chi connectivity index (χ2n) is 6.06. The number of para-hydroxylation sites is 1. The van der Waals surface area contributed by atoms with Crippen LogP contribution in [0.15, 0.2) is 60.5 Å². The third-order valence-electron chi connectivity index (χ3n) is 4.29. The average Bonchev–Trinajstić information content (AvgIpc) is 3.24. The number of rotatable bonds is 6. The maximum Gasteiger partial charge on any atom is 0.257 e. The van der Waals surface area contributed by atoms with Gasteiger partial charge in [-0.1, -0.05) is 30.9 Å². The van der Waals surface area contributed by atoms with Crippen LogP contribution in [0.4, 0.5) is 0 Å². The van der Waals surface area contributed by atoms with Crippen LogP contribution in [0, 0.1) is 0 Å². The number of ether oxygens (including phenoxy) is 1. The van der Waals surface area contributed by atoms with Gasteiger partial charge in [0.1, 0.15) is 12.4 Å². The lowest BCUT2D eigenvalue weighted by Crippen LogP contribution is -2.50. The first-order valence-electron chi connectivity index (χ1n) is 8.81. The van der Waals surface area contributed by atoms with E-state index in [1.165, 1.54) is 0 Å². The number of amides is 2.